The molecule has 3 nitrogen and oxygen atoms in total. The van der Waals surface area contributed by atoms with Gasteiger partial charge in [-0.2, -0.15) is 0 Å². The summed E-state index contributed by atoms with van der Waals surface area (Å²) in [5, 5.41) is 0. The third kappa shape index (κ3) is 12.3. The van der Waals surface area contributed by atoms with E-state index in [1.807, 2.05) is 12.1 Å². The molecule has 1 rings (SSSR count). The number of carbonyl (C=O) groups is 1. The molecule has 0 saturated heterocycles. The molecule has 0 aliphatic carbocycles. The van der Waals surface area contributed by atoms with Gasteiger partial charge in [0.25, 0.3) is 0 Å². The van der Waals surface area contributed by atoms with Crippen molar-refractivity contribution < 1.29 is 9.53 Å². The molecule has 136 valence electrons. The molecule has 1 heterocycles. The standard InChI is InChI=1S/C20H32ClNO2/c21-15-11-9-7-5-3-1-2-4-6-8-10-14-20(23)24-18-19-13-12-16-22-17-19/h12-13,16-17H,1-11,14-15,18H2. The fourth-order valence-corrected chi connectivity index (χ4v) is 2.86. The van der Waals surface area contributed by atoms with Crippen LogP contribution in [0.1, 0.15) is 82.6 Å². The molecule has 0 saturated carbocycles. The zero-order valence-electron chi connectivity index (χ0n) is 14.9. The number of aromatic nitrogens is 1. The van der Waals surface area contributed by atoms with Crippen molar-refractivity contribution in [2.24, 2.45) is 0 Å². The zero-order chi connectivity index (χ0) is 17.3. The molecule has 1 aromatic rings. The number of hydrogen-bond acceptors (Lipinski definition) is 3. The summed E-state index contributed by atoms with van der Waals surface area (Å²) in [5.74, 6) is 0.701. The first-order valence-electron chi connectivity index (χ1n) is 9.43. The molecule has 0 fully saturated rings. The minimum Gasteiger partial charge on any atom is -0.461 e. The molecule has 0 radical (unpaired) electrons. The smallest absolute Gasteiger partial charge is 0.306 e. The number of pyridine rings is 1. The summed E-state index contributed by atoms with van der Waals surface area (Å²) in [5.41, 5.74) is 0.938. The van der Waals surface area contributed by atoms with Crippen LogP contribution in [0.5, 0.6) is 0 Å². The van der Waals surface area contributed by atoms with Gasteiger partial charge in [-0.15, -0.1) is 11.6 Å². The van der Waals surface area contributed by atoms with E-state index in [-0.39, 0.29) is 5.97 Å². The molecule has 0 N–H and O–H groups in total. The number of alkyl halides is 1. The lowest BCUT2D eigenvalue weighted by Crippen LogP contribution is -2.04. The Hall–Kier alpha value is -1.09. The van der Waals surface area contributed by atoms with Gasteiger partial charge in [0, 0.05) is 30.3 Å². The Bertz CT molecular complexity index is 411. The van der Waals surface area contributed by atoms with E-state index in [9.17, 15) is 4.79 Å². The molecule has 0 aliphatic heterocycles. The molecule has 0 amide bonds. The maximum atomic E-state index is 11.6. The van der Waals surface area contributed by atoms with Gasteiger partial charge in [-0.25, -0.2) is 0 Å². The summed E-state index contributed by atoms with van der Waals surface area (Å²) in [6.45, 7) is 0.331. The fourth-order valence-electron chi connectivity index (χ4n) is 2.67. The largest absolute Gasteiger partial charge is 0.461 e. The molecule has 0 atom stereocenters. The lowest BCUT2D eigenvalue weighted by molar-refractivity contribution is -0.145. The Morgan fingerprint density at radius 2 is 1.50 bits per heavy atom. The van der Waals surface area contributed by atoms with Crippen molar-refractivity contribution in [2.75, 3.05) is 5.88 Å². The van der Waals surface area contributed by atoms with Crippen LogP contribution >= 0.6 is 11.6 Å². The second-order valence-corrected chi connectivity index (χ2v) is 6.73. The second kappa shape index (κ2) is 15.4. The van der Waals surface area contributed by atoms with Gasteiger partial charge in [0.05, 0.1) is 0 Å². The van der Waals surface area contributed by atoms with Crippen LogP contribution in [0.4, 0.5) is 0 Å². The summed E-state index contributed by atoms with van der Waals surface area (Å²) in [6, 6.07) is 3.77. The quantitative estimate of drug-likeness (QED) is 0.219. The van der Waals surface area contributed by atoms with E-state index >= 15 is 0 Å². The topological polar surface area (TPSA) is 39.2 Å². The van der Waals surface area contributed by atoms with Gasteiger partial charge in [0.15, 0.2) is 0 Å². The van der Waals surface area contributed by atoms with Crippen molar-refractivity contribution in [2.45, 2.75) is 83.7 Å². The van der Waals surface area contributed by atoms with E-state index in [2.05, 4.69) is 4.98 Å². The third-order valence-electron chi connectivity index (χ3n) is 4.14. The van der Waals surface area contributed by atoms with Gasteiger partial charge < -0.3 is 4.74 Å². The number of halogens is 1. The maximum Gasteiger partial charge on any atom is 0.306 e. The normalized spacial score (nSPS) is 10.7. The van der Waals surface area contributed by atoms with Crippen LogP contribution in [0.3, 0.4) is 0 Å². The summed E-state index contributed by atoms with van der Waals surface area (Å²) >= 11 is 5.66. The predicted molar refractivity (Wildman–Crippen MR) is 100 cm³/mol. The number of nitrogens with zero attached hydrogens (tertiary/aromatic N) is 1. The van der Waals surface area contributed by atoms with Crippen LogP contribution in [0, 0.1) is 0 Å². The van der Waals surface area contributed by atoms with E-state index in [0.717, 1.165) is 30.7 Å². The van der Waals surface area contributed by atoms with E-state index in [1.165, 1.54) is 51.4 Å². The second-order valence-electron chi connectivity index (χ2n) is 6.35. The van der Waals surface area contributed by atoms with Crippen LogP contribution in [-0.4, -0.2) is 16.8 Å². The summed E-state index contributed by atoms with van der Waals surface area (Å²) < 4.78 is 5.24. The molecule has 0 aromatic carbocycles. The highest BCUT2D eigenvalue weighted by Crippen LogP contribution is 2.12. The van der Waals surface area contributed by atoms with Gasteiger partial charge in [0.1, 0.15) is 6.61 Å². The molecule has 24 heavy (non-hydrogen) atoms. The van der Waals surface area contributed by atoms with Gasteiger partial charge >= 0.3 is 5.97 Å². The van der Waals surface area contributed by atoms with Gasteiger partial charge in [-0.05, 0) is 18.9 Å². The first kappa shape index (κ1) is 21.0. The number of ether oxygens (including phenoxy) is 1. The van der Waals surface area contributed by atoms with Crippen LogP contribution < -0.4 is 0 Å². The molecule has 4 heteroatoms. The molecular weight excluding hydrogens is 322 g/mol. The minimum absolute atomic E-state index is 0.101. The Balaban J connectivity index is 1.82. The molecule has 0 bridgehead atoms. The number of unbranched alkanes of at least 4 members (excludes halogenated alkanes) is 10. The number of rotatable bonds is 15. The van der Waals surface area contributed by atoms with Crippen molar-refractivity contribution in [3.63, 3.8) is 0 Å². The SMILES string of the molecule is O=C(CCCCCCCCCCCCCCl)OCc1cccnc1. The van der Waals surface area contributed by atoms with Crippen molar-refractivity contribution in [3.8, 4) is 0 Å². The highest BCUT2D eigenvalue weighted by molar-refractivity contribution is 6.17. The first-order chi connectivity index (χ1) is 11.8. The van der Waals surface area contributed by atoms with Crippen molar-refractivity contribution in [3.05, 3.63) is 30.1 Å². The lowest BCUT2D eigenvalue weighted by Gasteiger charge is -2.05. The number of carbonyl (C=O) groups excluding carboxylic acids is 1. The first-order valence-corrected chi connectivity index (χ1v) is 9.97. The molecular formula is C20H32ClNO2. The third-order valence-corrected chi connectivity index (χ3v) is 4.40. The highest BCUT2D eigenvalue weighted by Gasteiger charge is 2.03. The molecule has 0 unspecified atom stereocenters. The van der Waals surface area contributed by atoms with Crippen LogP contribution in [0.25, 0.3) is 0 Å². The van der Waals surface area contributed by atoms with Crippen LogP contribution in [0.15, 0.2) is 24.5 Å². The molecule has 0 aliphatic rings. The van der Waals surface area contributed by atoms with Gasteiger partial charge in [0.2, 0.25) is 0 Å². The van der Waals surface area contributed by atoms with Crippen molar-refractivity contribution >= 4 is 17.6 Å². The zero-order valence-corrected chi connectivity index (χ0v) is 15.6. The maximum absolute atomic E-state index is 11.6. The summed E-state index contributed by atoms with van der Waals surface area (Å²) in [6.07, 6.45) is 17.7. The Morgan fingerprint density at radius 1 is 0.917 bits per heavy atom. The average Bonchev–Trinajstić information content (AvgIpc) is 2.62. The average molecular weight is 354 g/mol. The Labute approximate surface area is 152 Å². The number of esters is 1. The Morgan fingerprint density at radius 3 is 2.04 bits per heavy atom. The van der Waals surface area contributed by atoms with Crippen LogP contribution in [0.2, 0.25) is 0 Å². The monoisotopic (exact) mass is 353 g/mol. The molecule has 1 aromatic heterocycles. The fraction of sp³-hybridized carbons (Fsp3) is 0.700. The minimum atomic E-state index is -0.101. The summed E-state index contributed by atoms with van der Waals surface area (Å²) in [7, 11) is 0. The van der Waals surface area contributed by atoms with E-state index < -0.39 is 0 Å². The summed E-state index contributed by atoms with van der Waals surface area (Å²) in [4.78, 5) is 15.6. The lowest BCUT2D eigenvalue weighted by atomic mass is 10.1. The molecule has 0 spiro atoms. The number of hydrogen-bond donors (Lipinski definition) is 0. The van der Waals surface area contributed by atoms with E-state index in [4.69, 9.17) is 16.3 Å². The Kier molecular flexibility index (Phi) is 13.5. The van der Waals surface area contributed by atoms with Crippen LogP contribution in [-0.2, 0) is 16.1 Å². The van der Waals surface area contributed by atoms with Gasteiger partial charge in [-0.1, -0.05) is 63.9 Å². The van der Waals surface area contributed by atoms with E-state index in [1.54, 1.807) is 12.4 Å². The van der Waals surface area contributed by atoms with E-state index in [0.29, 0.717) is 13.0 Å². The highest BCUT2D eigenvalue weighted by atomic mass is 35.5. The predicted octanol–water partition coefficient (Wildman–Crippen LogP) is 6.04. The van der Waals surface area contributed by atoms with Crippen molar-refractivity contribution in [1.82, 2.24) is 4.98 Å². The van der Waals surface area contributed by atoms with Crippen molar-refractivity contribution in [1.29, 1.82) is 0 Å². The van der Waals surface area contributed by atoms with Gasteiger partial charge in [-0.3, -0.25) is 9.78 Å².